The monoisotopic (exact) mass is 290 g/mol. The largest absolute Gasteiger partial charge is 0.299 e. The Balaban J connectivity index is 1.55. The van der Waals surface area contributed by atoms with E-state index in [-0.39, 0.29) is 11.3 Å². The van der Waals surface area contributed by atoms with Crippen molar-refractivity contribution in [1.82, 2.24) is 9.80 Å². The highest BCUT2D eigenvalue weighted by Crippen LogP contribution is 2.20. The molecule has 2 saturated heterocycles. The molecule has 1 aromatic carbocycles. The first-order valence-corrected chi connectivity index (χ1v) is 7.98. The highest BCUT2D eigenvalue weighted by atomic mass is 19.1. The molecule has 0 spiro atoms. The van der Waals surface area contributed by atoms with E-state index in [2.05, 4.69) is 9.80 Å². The zero-order valence-corrected chi connectivity index (χ0v) is 12.4. The second kappa shape index (κ2) is 6.67. The average Bonchev–Trinajstić information content (AvgIpc) is 2.97. The molecule has 0 aliphatic carbocycles. The Morgan fingerprint density at radius 3 is 2.67 bits per heavy atom. The minimum atomic E-state index is -0.408. The molecule has 2 fully saturated rings. The summed E-state index contributed by atoms with van der Waals surface area (Å²) in [6.07, 6.45) is 5.07. The maximum absolute atomic E-state index is 13.6. The van der Waals surface area contributed by atoms with Crippen molar-refractivity contribution in [2.24, 2.45) is 0 Å². The van der Waals surface area contributed by atoms with E-state index >= 15 is 0 Å². The van der Waals surface area contributed by atoms with Gasteiger partial charge in [-0.15, -0.1) is 0 Å². The van der Waals surface area contributed by atoms with Gasteiger partial charge in [0.1, 0.15) is 5.82 Å². The Bertz CT molecular complexity index is 499. The first-order chi connectivity index (χ1) is 10.2. The van der Waals surface area contributed by atoms with Gasteiger partial charge in [0, 0.05) is 19.1 Å². The standard InChI is InChI=1S/C17H23FN2O/c18-16-7-3-2-6-15(16)17(21)13-19-11-8-14(12-19)20-9-4-1-5-10-20/h2-3,6-7,14H,1,4-5,8-13H2. The molecule has 0 amide bonds. The fraction of sp³-hybridized carbons (Fsp3) is 0.588. The molecule has 1 unspecified atom stereocenters. The predicted molar refractivity (Wildman–Crippen MR) is 81.0 cm³/mol. The summed E-state index contributed by atoms with van der Waals surface area (Å²) in [6, 6.07) is 6.85. The van der Waals surface area contributed by atoms with E-state index in [0.717, 1.165) is 19.5 Å². The first-order valence-electron chi connectivity index (χ1n) is 7.98. The van der Waals surface area contributed by atoms with Gasteiger partial charge in [0.05, 0.1) is 12.1 Å². The van der Waals surface area contributed by atoms with Crippen molar-refractivity contribution in [3.63, 3.8) is 0 Å². The van der Waals surface area contributed by atoms with E-state index < -0.39 is 5.82 Å². The van der Waals surface area contributed by atoms with E-state index in [0.29, 0.717) is 12.6 Å². The van der Waals surface area contributed by atoms with Crippen LogP contribution < -0.4 is 0 Å². The Morgan fingerprint density at radius 2 is 1.90 bits per heavy atom. The van der Waals surface area contributed by atoms with Crippen LogP contribution in [0.3, 0.4) is 0 Å². The molecule has 4 heteroatoms. The van der Waals surface area contributed by atoms with Gasteiger partial charge in [-0.3, -0.25) is 14.6 Å². The topological polar surface area (TPSA) is 23.6 Å². The smallest absolute Gasteiger partial charge is 0.179 e. The fourth-order valence-electron chi connectivity index (χ4n) is 3.51. The Morgan fingerprint density at radius 1 is 1.14 bits per heavy atom. The zero-order valence-electron chi connectivity index (χ0n) is 12.4. The van der Waals surface area contributed by atoms with Gasteiger partial charge < -0.3 is 0 Å². The summed E-state index contributed by atoms with van der Waals surface area (Å²) in [5, 5.41) is 0. The third-order valence-corrected chi connectivity index (χ3v) is 4.70. The van der Waals surface area contributed by atoms with Crippen LogP contribution in [0.25, 0.3) is 0 Å². The van der Waals surface area contributed by atoms with E-state index in [1.807, 2.05) is 0 Å². The number of carbonyl (C=O) groups is 1. The number of halogens is 1. The van der Waals surface area contributed by atoms with Gasteiger partial charge in [-0.25, -0.2) is 4.39 Å². The van der Waals surface area contributed by atoms with Crippen molar-refractivity contribution >= 4 is 5.78 Å². The Hall–Kier alpha value is -1.26. The molecule has 0 radical (unpaired) electrons. The summed E-state index contributed by atoms with van der Waals surface area (Å²) in [5.74, 6) is -0.512. The molecule has 114 valence electrons. The second-order valence-corrected chi connectivity index (χ2v) is 6.18. The molecule has 2 aliphatic rings. The number of nitrogens with zero attached hydrogens (tertiary/aromatic N) is 2. The molecule has 3 rings (SSSR count). The maximum Gasteiger partial charge on any atom is 0.179 e. The van der Waals surface area contributed by atoms with Crippen LogP contribution in [0.15, 0.2) is 24.3 Å². The third kappa shape index (κ3) is 3.50. The van der Waals surface area contributed by atoms with Crippen molar-refractivity contribution < 1.29 is 9.18 Å². The number of ketones is 1. The van der Waals surface area contributed by atoms with Crippen LogP contribution in [0, 0.1) is 5.82 Å². The Kier molecular flexibility index (Phi) is 4.66. The summed E-state index contributed by atoms with van der Waals surface area (Å²) in [7, 11) is 0. The van der Waals surface area contributed by atoms with Crippen LogP contribution in [-0.4, -0.2) is 54.3 Å². The molecule has 2 heterocycles. The lowest BCUT2D eigenvalue weighted by molar-refractivity contribution is 0.0932. The number of hydrogen-bond donors (Lipinski definition) is 0. The van der Waals surface area contributed by atoms with Gasteiger partial charge in [0.25, 0.3) is 0 Å². The molecule has 1 aromatic rings. The number of benzene rings is 1. The normalized spacial score (nSPS) is 24.3. The molecule has 0 aromatic heterocycles. The van der Waals surface area contributed by atoms with Crippen LogP contribution in [0.4, 0.5) is 4.39 Å². The summed E-state index contributed by atoms with van der Waals surface area (Å²) in [4.78, 5) is 17.0. The van der Waals surface area contributed by atoms with Crippen LogP contribution in [0.5, 0.6) is 0 Å². The van der Waals surface area contributed by atoms with Gasteiger partial charge >= 0.3 is 0 Å². The minimum absolute atomic E-state index is 0.104. The number of piperidine rings is 1. The Labute approximate surface area is 125 Å². The predicted octanol–water partition coefficient (Wildman–Crippen LogP) is 2.57. The molecular weight excluding hydrogens is 267 g/mol. The maximum atomic E-state index is 13.6. The molecule has 1 atom stereocenters. The van der Waals surface area contributed by atoms with E-state index in [9.17, 15) is 9.18 Å². The SMILES string of the molecule is O=C(CN1CCC(N2CCCCC2)C1)c1ccccc1F. The van der Waals surface area contributed by atoms with Gasteiger partial charge in [-0.2, -0.15) is 0 Å². The number of Topliss-reactive ketones (excluding diaryl/α,β-unsaturated/α-hetero) is 1. The molecule has 3 nitrogen and oxygen atoms in total. The number of hydrogen-bond acceptors (Lipinski definition) is 3. The van der Waals surface area contributed by atoms with Gasteiger partial charge in [0.15, 0.2) is 5.78 Å². The van der Waals surface area contributed by atoms with E-state index in [1.165, 1.54) is 38.4 Å². The lowest BCUT2D eigenvalue weighted by atomic mass is 10.1. The second-order valence-electron chi connectivity index (χ2n) is 6.18. The van der Waals surface area contributed by atoms with E-state index in [1.54, 1.807) is 18.2 Å². The summed E-state index contributed by atoms with van der Waals surface area (Å²) in [5.41, 5.74) is 0.221. The van der Waals surface area contributed by atoms with Crippen molar-refractivity contribution in [3.05, 3.63) is 35.6 Å². The van der Waals surface area contributed by atoms with Crippen LogP contribution >= 0.6 is 0 Å². The lowest BCUT2D eigenvalue weighted by Gasteiger charge is -2.32. The number of carbonyl (C=O) groups excluding carboxylic acids is 1. The molecule has 2 aliphatic heterocycles. The van der Waals surface area contributed by atoms with Crippen LogP contribution in [0.1, 0.15) is 36.0 Å². The summed E-state index contributed by atoms with van der Waals surface area (Å²) < 4.78 is 13.6. The van der Waals surface area contributed by atoms with Gasteiger partial charge in [-0.05, 0) is 44.5 Å². The lowest BCUT2D eigenvalue weighted by Crippen LogP contribution is -2.41. The highest BCUT2D eigenvalue weighted by molar-refractivity contribution is 5.97. The quantitative estimate of drug-likeness (QED) is 0.796. The molecular formula is C17H23FN2O. The third-order valence-electron chi connectivity index (χ3n) is 4.70. The molecule has 0 saturated carbocycles. The zero-order chi connectivity index (χ0) is 14.7. The minimum Gasteiger partial charge on any atom is -0.299 e. The van der Waals surface area contributed by atoms with Crippen molar-refractivity contribution in [3.8, 4) is 0 Å². The summed E-state index contributed by atoms with van der Waals surface area (Å²) in [6.45, 7) is 4.62. The van der Waals surface area contributed by atoms with Crippen LogP contribution in [-0.2, 0) is 0 Å². The van der Waals surface area contributed by atoms with Crippen molar-refractivity contribution in [1.29, 1.82) is 0 Å². The van der Waals surface area contributed by atoms with Crippen LogP contribution in [0.2, 0.25) is 0 Å². The van der Waals surface area contributed by atoms with Crippen molar-refractivity contribution in [2.45, 2.75) is 31.7 Å². The number of likely N-dealkylation sites (tertiary alicyclic amines) is 2. The molecule has 0 N–H and O–H groups in total. The summed E-state index contributed by atoms with van der Waals surface area (Å²) >= 11 is 0. The number of rotatable bonds is 4. The van der Waals surface area contributed by atoms with Gasteiger partial charge in [0.2, 0.25) is 0 Å². The molecule has 0 bridgehead atoms. The van der Waals surface area contributed by atoms with Gasteiger partial charge in [-0.1, -0.05) is 18.6 Å². The molecule has 21 heavy (non-hydrogen) atoms. The first kappa shape index (κ1) is 14.7. The average molecular weight is 290 g/mol. The highest BCUT2D eigenvalue weighted by Gasteiger charge is 2.29. The van der Waals surface area contributed by atoms with Crippen molar-refractivity contribution in [2.75, 3.05) is 32.7 Å². The fourth-order valence-corrected chi connectivity index (χ4v) is 3.51. The van der Waals surface area contributed by atoms with E-state index in [4.69, 9.17) is 0 Å².